The number of hydrogen-bond donors (Lipinski definition) is 2. The normalized spacial score (nSPS) is 22.6. The molecule has 0 bridgehead atoms. The molecule has 3 heterocycles. The molecule has 2 N–H and O–H groups in total. The Kier molecular flexibility index (Phi) is 6.43. The number of aromatic nitrogens is 2. The van der Waals surface area contributed by atoms with Crippen LogP contribution in [-0.4, -0.2) is 60.7 Å². The van der Waals surface area contributed by atoms with Crippen LogP contribution < -0.4 is 15.4 Å². The van der Waals surface area contributed by atoms with Crippen LogP contribution in [0.25, 0.3) is 11.3 Å². The molecule has 0 radical (unpaired) electrons. The molecule has 0 spiro atoms. The Morgan fingerprint density at radius 3 is 2.74 bits per heavy atom. The van der Waals surface area contributed by atoms with Gasteiger partial charge >= 0.3 is 6.09 Å². The van der Waals surface area contributed by atoms with E-state index in [4.69, 9.17) is 24.2 Å². The summed E-state index contributed by atoms with van der Waals surface area (Å²) in [5.41, 5.74) is 2.67. The van der Waals surface area contributed by atoms with Crippen LogP contribution in [0.3, 0.4) is 0 Å². The van der Waals surface area contributed by atoms with Crippen LogP contribution in [0.15, 0.2) is 60.8 Å². The molecule has 3 aromatic rings. The van der Waals surface area contributed by atoms with E-state index in [0.717, 1.165) is 5.56 Å². The second-order valence-electron chi connectivity index (χ2n) is 8.10. The molecule has 0 aliphatic carbocycles. The van der Waals surface area contributed by atoms with Gasteiger partial charge in [0.05, 0.1) is 43.7 Å². The number of amides is 1. The summed E-state index contributed by atoms with van der Waals surface area (Å²) in [6.45, 7) is 0.582. The Morgan fingerprint density at radius 1 is 1.11 bits per heavy atom. The van der Waals surface area contributed by atoms with E-state index in [1.807, 2.05) is 12.1 Å². The number of ether oxygens (including phenoxy) is 4. The largest absolute Gasteiger partial charge is 0.497 e. The van der Waals surface area contributed by atoms with Gasteiger partial charge in [0.25, 0.3) is 0 Å². The summed E-state index contributed by atoms with van der Waals surface area (Å²) in [6, 6.07) is 17.9. The predicted octanol–water partition coefficient (Wildman–Crippen LogP) is 3.22. The SMILES string of the molecule is COc1ccc(NC(=O)O[C@@H]2CO[C@H]3[C@@H]2OC[C@@H]3Nc2nccc(-c3cccc(C#N)c3)n2)cc1. The number of nitrogens with one attached hydrogen (secondary N) is 2. The maximum atomic E-state index is 12.4. The standard InChI is InChI=1S/C25H23N5O5/c1-32-18-7-5-17(6-8-18)28-25(31)35-21-14-34-22-20(13-33-23(21)22)30-24-27-10-9-19(29-24)16-4-2-3-15(11-16)12-26/h2-11,20-23H,13-14H2,1H3,(H,28,31)(H,27,29,30)/t20-,21+,22+,23+/m0/s1. The third-order valence-corrected chi connectivity index (χ3v) is 5.86. The van der Waals surface area contributed by atoms with Crippen molar-refractivity contribution in [2.75, 3.05) is 31.0 Å². The first-order valence-corrected chi connectivity index (χ1v) is 11.1. The highest BCUT2D eigenvalue weighted by Crippen LogP contribution is 2.31. The van der Waals surface area contributed by atoms with E-state index in [-0.39, 0.29) is 18.8 Å². The van der Waals surface area contributed by atoms with Crippen LogP contribution in [0.1, 0.15) is 5.56 Å². The van der Waals surface area contributed by atoms with E-state index in [2.05, 4.69) is 26.7 Å². The lowest BCUT2D eigenvalue weighted by Gasteiger charge is -2.18. The van der Waals surface area contributed by atoms with Gasteiger partial charge in [-0.2, -0.15) is 5.26 Å². The number of methoxy groups -OCH3 is 1. The van der Waals surface area contributed by atoms with Crippen LogP contribution in [0, 0.1) is 11.3 Å². The van der Waals surface area contributed by atoms with Crippen molar-refractivity contribution in [2.24, 2.45) is 0 Å². The minimum Gasteiger partial charge on any atom is -0.497 e. The van der Waals surface area contributed by atoms with Gasteiger partial charge in [0.2, 0.25) is 5.95 Å². The second-order valence-corrected chi connectivity index (χ2v) is 8.10. The molecule has 0 unspecified atom stereocenters. The van der Waals surface area contributed by atoms with Gasteiger partial charge in [-0.05, 0) is 42.5 Å². The maximum Gasteiger partial charge on any atom is 0.412 e. The number of benzene rings is 2. The van der Waals surface area contributed by atoms with Crippen molar-refractivity contribution >= 4 is 17.7 Å². The number of carbonyl (C=O) groups excluding carboxylic acids is 1. The Bertz CT molecular complexity index is 1250. The molecule has 10 heteroatoms. The third kappa shape index (κ3) is 5.01. The topological polar surface area (TPSA) is 128 Å². The van der Waals surface area contributed by atoms with E-state index in [1.165, 1.54) is 0 Å². The fraction of sp³-hybridized carbons (Fsp3) is 0.280. The van der Waals surface area contributed by atoms with Gasteiger partial charge in [-0.3, -0.25) is 5.32 Å². The van der Waals surface area contributed by atoms with Crippen molar-refractivity contribution < 1.29 is 23.7 Å². The molecule has 2 fully saturated rings. The Labute approximate surface area is 201 Å². The second kappa shape index (κ2) is 9.97. The van der Waals surface area contributed by atoms with E-state index in [0.29, 0.717) is 35.2 Å². The van der Waals surface area contributed by atoms with E-state index in [1.54, 1.807) is 55.8 Å². The summed E-state index contributed by atoms with van der Waals surface area (Å²) in [5, 5.41) is 15.1. The highest BCUT2D eigenvalue weighted by Gasteiger charge is 2.49. The van der Waals surface area contributed by atoms with Crippen LogP contribution >= 0.6 is 0 Å². The van der Waals surface area contributed by atoms with Crippen LogP contribution in [0.5, 0.6) is 5.75 Å². The number of fused-ring (bicyclic) bond motifs is 1. The Hall–Kier alpha value is -4.20. The van der Waals surface area contributed by atoms with E-state index >= 15 is 0 Å². The van der Waals surface area contributed by atoms with Gasteiger partial charge in [-0.25, -0.2) is 14.8 Å². The van der Waals surface area contributed by atoms with Crippen molar-refractivity contribution in [1.29, 1.82) is 5.26 Å². The predicted molar refractivity (Wildman–Crippen MR) is 126 cm³/mol. The summed E-state index contributed by atoms with van der Waals surface area (Å²) in [7, 11) is 1.58. The maximum absolute atomic E-state index is 12.4. The molecule has 4 atom stereocenters. The molecular formula is C25H23N5O5. The molecule has 2 saturated heterocycles. The number of nitrogens with zero attached hydrogens (tertiary/aromatic N) is 3. The molecule has 2 aliphatic heterocycles. The summed E-state index contributed by atoms with van der Waals surface area (Å²) in [4.78, 5) is 21.3. The minimum atomic E-state index is -0.583. The molecular weight excluding hydrogens is 450 g/mol. The lowest BCUT2D eigenvalue weighted by Crippen LogP contribution is -2.38. The first-order valence-electron chi connectivity index (χ1n) is 11.1. The van der Waals surface area contributed by atoms with Crippen LogP contribution in [0.4, 0.5) is 16.4 Å². The number of hydrogen-bond acceptors (Lipinski definition) is 9. The minimum absolute atomic E-state index is 0.209. The zero-order valence-electron chi connectivity index (χ0n) is 18.9. The zero-order valence-corrected chi connectivity index (χ0v) is 18.9. The fourth-order valence-corrected chi connectivity index (χ4v) is 4.15. The Morgan fingerprint density at radius 2 is 1.94 bits per heavy atom. The van der Waals surface area contributed by atoms with Gasteiger partial charge in [-0.1, -0.05) is 12.1 Å². The molecule has 2 aliphatic rings. The summed E-state index contributed by atoms with van der Waals surface area (Å²) < 4.78 is 22.5. The monoisotopic (exact) mass is 473 g/mol. The number of nitriles is 1. The van der Waals surface area contributed by atoms with Crippen molar-refractivity contribution in [3.8, 4) is 23.1 Å². The molecule has 1 aromatic heterocycles. The quantitative estimate of drug-likeness (QED) is 0.555. The third-order valence-electron chi connectivity index (χ3n) is 5.86. The van der Waals surface area contributed by atoms with E-state index < -0.39 is 18.3 Å². The summed E-state index contributed by atoms with van der Waals surface area (Å²) in [5.74, 6) is 1.11. The summed E-state index contributed by atoms with van der Waals surface area (Å²) >= 11 is 0. The lowest BCUT2D eigenvalue weighted by atomic mass is 10.1. The van der Waals surface area contributed by atoms with Gasteiger partial charge in [-0.15, -0.1) is 0 Å². The molecule has 5 rings (SSSR count). The van der Waals surface area contributed by atoms with Crippen LogP contribution in [-0.2, 0) is 14.2 Å². The van der Waals surface area contributed by atoms with Gasteiger partial charge in [0.15, 0.2) is 6.10 Å². The number of carbonyl (C=O) groups is 1. The molecule has 178 valence electrons. The molecule has 1 amide bonds. The average Bonchev–Trinajstić information content (AvgIpc) is 3.48. The van der Waals surface area contributed by atoms with Gasteiger partial charge < -0.3 is 24.3 Å². The van der Waals surface area contributed by atoms with Crippen molar-refractivity contribution in [3.05, 3.63) is 66.4 Å². The Balaban J connectivity index is 1.19. The molecule has 35 heavy (non-hydrogen) atoms. The van der Waals surface area contributed by atoms with Crippen molar-refractivity contribution in [1.82, 2.24) is 9.97 Å². The molecule has 10 nitrogen and oxygen atoms in total. The average molecular weight is 473 g/mol. The smallest absolute Gasteiger partial charge is 0.412 e. The highest BCUT2D eigenvalue weighted by atomic mass is 16.6. The first-order chi connectivity index (χ1) is 17.1. The van der Waals surface area contributed by atoms with Crippen LogP contribution in [0.2, 0.25) is 0 Å². The molecule has 2 aromatic carbocycles. The van der Waals surface area contributed by atoms with E-state index in [9.17, 15) is 4.79 Å². The lowest BCUT2D eigenvalue weighted by molar-refractivity contribution is 0.00917. The first kappa shape index (κ1) is 22.6. The number of rotatable bonds is 6. The summed E-state index contributed by atoms with van der Waals surface area (Å²) in [6.07, 6.45) is -0.180. The van der Waals surface area contributed by atoms with Crippen molar-refractivity contribution in [2.45, 2.75) is 24.4 Å². The molecule has 0 saturated carbocycles. The van der Waals surface area contributed by atoms with Gasteiger partial charge in [0, 0.05) is 17.4 Å². The zero-order chi connectivity index (χ0) is 24.2. The number of anilines is 2. The van der Waals surface area contributed by atoms with Gasteiger partial charge in [0.1, 0.15) is 18.0 Å². The van der Waals surface area contributed by atoms with Crippen molar-refractivity contribution in [3.63, 3.8) is 0 Å². The highest BCUT2D eigenvalue weighted by molar-refractivity contribution is 5.84. The fourth-order valence-electron chi connectivity index (χ4n) is 4.15.